The number of hydrogen-bond donors (Lipinski definition) is 2. The van der Waals surface area contributed by atoms with Gasteiger partial charge in [0, 0.05) is 24.8 Å². The van der Waals surface area contributed by atoms with Gasteiger partial charge in [-0.05, 0) is 55.8 Å². The number of carbonyl (C=O) groups excluding carboxylic acids is 1. The van der Waals surface area contributed by atoms with Crippen LogP contribution in [0.2, 0.25) is 0 Å². The van der Waals surface area contributed by atoms with Crippen molar-refractivity contribution in [3.05, 3.63) is 41.5 Å². The first-order valence-corrected chi connectivity index (χ1v) is 10.6. The molecular formula is C24H35N3O5. The molecule has 1 amide bonds. The lowest BCUT2D eigenvalue weighted by Crippen LogP contribution is -2.24. The molecule has 176 valence electrons. The first-order valence-electron chi connectivity index (χ1n) is 10.6. The molecule has 8 nitrogen and oxygen atoms in total. The molecule has 2 aromatic rings. The van der Waals surface area contributed by atoms with Gasteiger partial charge in [-0.25, -0.2) is 0 Å². The van der Waals surface area contributed by atoms with Gasteiger partial charge in [0.25, 0.3) is 0 Å². The van der Waals surface area contributed by atoms with Crippen LogP contribution in [0.1, 0.15) is 17.5 Å². The summed E-state index contributed by atoms with van der Waals surface area (Å²) in [6.07, 6.45) is 1.99. The Kier molecular flexibility index (Phi) is 9.94. The number of ether oxygens (including phenoxy) is 4. The predicted molar refractivity (Wildman–Crippen MR) is 126 cm³/mol. The van der Waals surface area contributed by atoms with E-state index in [-0.39, 0.29) is 6.42 Å². The number of likely N-dealkylation sites (N-methyl/N-ethyl adjacent to an activating group) is 1. The molecule has 0 radical (unpaired) electrons. The van der Waals surface area contributed by atoms with Crippen molar-refractivity contribution in [1.82, 2.24) is 4.90 Å². The van der Waals surface area contributed by atoms with Crippen LogP contribution in [0.15, 0.2) is 30.3 Å². The first-order chi connectivity index (χ1) is 15.4. The van der Waals surface area contributed by atoms with Crippen LogP contribution in [0.25, 0.3) is 0 Å². The lowest BCUT2D eigenvalue weighted by molar-refractivity contribution is -0.117. The third-order valence-electron chi connectivity index (χ3n) is 5.24. The van der Waals surface area contributed by atoms with E-state index in [1.54, 1.807) is 34.5 Å². The number of primary amides is 1. The Morgan fingerprint density at radius 1 is 0.906 bits per heavy atom. The van der Waals surface area contributed by atoms with E-state index in [2.05, 4.69) is 23.3 Å². The van der Waals surface area contributed by atoms with E-state index >= 15 is 0 Å². The number of nitrogens with one attached hydrogen (secondary N) is 1. The molecule has 0 bridgehead atoms. The number of amides is 1. The van der Waals surface area contributed by atoms with E-state index in [1.807, 2.05) is 18.2 Å². The lowest BCUT2D eigenvalue weighted by atomic mass is 10.1. The molecule has 0 heterocycles. The van der Waals surface area contributed by atoms with E-state index in [0.29, 0.717) is 11.5 Å². The Hall–Kier alpha value is -3.13. The second-order valence-corrected chi connectivity index (χ2v) is 7.53. The van der Waals surface area contributed by atoms with Gasteiger partial charge >= 0.3 is 0 Å². The highest BCUT2D eigenvalue weighted by Crippen LogP contribution is 2.33. The third kappa shape index (κ3) is 7.23. The molecule has 0 aliphatic carbocycles. The quantitative estimate of drug-likeness (QED) is 0.432. The Labute approximate surface area is 190 Å². The number of benzene rings is 2. The number of carbonyl (C=O) groups is 1. The number of hydrogen-bond acceptors (Lipinski definition) is 7. The van der Waals surface area contributed by atoms with Crippen molar-refractivity contribution in [1.29, 1.82) is 0 Å². The zero-order valence-corrected chi connectivity index (χ0v) is 19.7. The molecule has 0 saturated heterocycles. The largest absolute Gasteiger partial charge is 0.493 e. The molecule has 0 fully saturated rings. The van der Waals surface area contributed by atoms with E-state index < -0.39 is 5.91 Å². The third-order valence-corrected chi connectivity index (χ3v) is 5.24. The van der Waals surface area contributed by atoms with Crippen LogP contribution in [0.4, 0.5) is 5.69 Å². The Morgan fingerprint density at radius 3 is 2.16 bits per heavy atom. The molecule has 0 aromatic heterocycles. The van der Waals surface area contributed by atoms with Gasteiger partial charge in [-0.3, -0.25) is 4.79 Å². The van der Waals surface area contributed by atoms with E-state index in [4.69, 9.17) is 24.7 Å². The van der Waals surface area contributed by atoms with Crippen LogP contribution in [0.5, 0.6) is 23.0 Å². The average molecular weight is 446 g/mol. The van der Waals surface area contributed by atoms with Crippen LogP contribution in [-0.4, -0.2) is 65.9 Å². The molecule has 0 aliphatic heterocycles. The number of anilines is 1. The Balaban J connectivity index is 1.86. The predicted octanol–water partition coefficient (Wildman–Crippen LogP) is 2.73. The minimum absolute atomic E-state index is 0.133. The van der Waals surface area contributed by atoms with Crippen LogP contribution in [0.3, 0.4) is 0 Å². The minimum atomic E-state index is -0.393. The number of nitrogens with zero attached hydrogens (tertiary/aromatic N) is 1. The molecule has 0 saturated carbocycles. The molecule has 32 heavy (non-hydrogen) atoms. The zero-order chi connectivity index (χ0) is 23.5. The van der Waals surface area contributed by atoms with Gasteiger partial charge in [0.1, 0.15) is 0 Å². The van der Waals surface area contributed by atoms with Gasteiger partial charge in [-0.15, -0.1) is 0 Å². The summed E-state index contributed by atoms with van der Waals surface area (Å²) in [5, 5.41) is 3.40. The molecule has 2 aromatic carbocycles. The highest BCUT2D eigenvalue weighted by Gasteiger charge is 2.13. The van der Waals surface area contributed by atoms with Gasteiger partial charge in [-0.1, -0.05) is 6.07 Å². The minimum Gasteiger partial charge on any atom is -0.493 e. The summed E-state index contributed by atoms with van der Waals surface area (Å²) in [4.78, 5) is 13.7. The van der Waals surface area contributed by atoms with Crippen molar-refractivity contribution in [2.24, 2.45) is 5.73 Å². The fourth-order valence-electron chi connectivity index (χ4n) is 3.46. The first kappa shape index (κ1) is 25.1. The van der Waals surface area contributed by atoms with Gasteiger partial charge in [0.15, 0.2) is 23.0 Å². The molecular weight excluding hydrogens is 410 g/mol. The van der Waals surface area contributed by atoms with Crippen molar-refractivity contribution >= 4 is 11.6 Å². The smallest absolute Gasteiger partial charge is 0.221 e. The summed E-state index contributed by atoms with van der Waals surface area (Å²) in [5.41, 5.74) is 8.23. The van der Waals surface area contributed by atoms with Crippen LogP contribution in [0, 0.1) is 0 Å². The topological polar surface area (TPSA) is 95.3 Å². The van der Waals surface area contributed by atoms with Crippen molar-refractivity contribution in [3.63, 3.8) is 0 Å². The van der Waals surface area contributed by atoms with Gasteiger partial charge in [0.2, 0.25) is 5.91 Å². The molecule has 0 atom stereocenters. The van der Waals surface area contributed by atoms with Gasteiger partial charge < -0.3 is 34.9 Å². The molecule has 3 N–H and O–H groups in total. The van der Waals surface area contributed by atoms with E-state index in [1.165, 1.54) is 5.56 Å². The fraction of sp³-hybridized carbons (Fsp3) is 0.458. The zero-order valence-electron chi connectivity index (χ0n) is 19.7. The van der Waals surface area contributed by atoms with Crippen LogP contribution in [-0.2, 0) is 17.6 Å². The highest BCUT2D eigenvalue weighted by atomic mass is 16.5. The van der Waals surface area contributed by atoms with Gasteiger partial charge in [0.05, 0.1) is 34.9 Å². The van der Waals surface area contributed by atoms with E-state index in [9.17, 15) is 4.79 Å². The summed E-state index contributed by atoms with van der Waals surface area (Å²) in [6, 6.07) is 9.66. The Morgan fingerprint density at radius 2 is 1.53 bits per heavy atom. The van der Waals surface area contributed by atoms with Crippen LogP contribution >= 0.6 is 0 Å². The summed E-state index contributed by atoms with van der Waals surface area (Å²) >= 11 is 0. The highest BCUT2D eigenvalue weighted by molar-refractivity contribution is 5.79. The van der Waals surface area contributed by atoms with Crippen molar-refractivity contribution in [3.8, 4) is 23.0 Å². The molecule has 0 spiro atoms. The maximum atomic E-state index is 11.5. The second-order valence-electron chi connectivity index (χ2n) is 7.53. The molecule has 0 aliphatic rings. The fourth-order valence-corrected chi connectivity index (χ4v) is 3.46. The van der Waals surface area contributed by atoms with Crippen molar-refractivity contribution < 1.29 is 23.7 Å². The van der Waals surface area contributed by atoms with Crippen molar-refractivity contribution in [2.45, 2.75) is 19.3 Å². The normalized spacial score (nSPS) is 10.7. The summed E-state index contributed by atoms with van der Waals surface area (Å²) < 4.78 is 21.4. The number of nitrogens with two attached hydrogens (primary N) is 1. The molecule has 2 rings (SSSR count). The molecule has 8 heteroatoms. The lowest BCUT2D eigenvalue weighted by Gasteiger charge is -2.19. The summed E-state index contributed by atoms with van der Waals surface area (Å²) in [7, 11) is 8.54. The number of rotatable bonds is 14. The number of methoxy groups -OCH3 is 4. The van der Waals surface area contributed by atoms with Crippen LogP contribution < -0.4 is 30.0 Å². The standard InChI is InChI=1S/C24H35N3O5/c1-27(12-9-17-7-8-20(29-2)21(13-17)30-3)11-6-10-26-19-16-23(32-5)22(31-4)14-18(19)15-24(25)28/h7-8,13-14,16,26H,6,9-12,15H2,1-5H3,(H2,25,28). The van der Waals surface area contributed by atoms with E-state index in [0.717, 1.165) is 55.2 Å². The maximum absolute atomic E-state index is 11.5. The summed E-state index contributed by atoms with van der Waals surface area (Å²) in [5.74, 6) is 2.27. The van der Waals surface area contributed by atoms with Crippen molar-refractivity contribution in [2.75, 3.05) is 60.4 Å². The average Bonchev–Trinajstić information content (AvgIpc) is 2.80. The SMILES string of the molecule is COc1ccc(CCN(C)CCCNc2cc(OC)c(OC)cc2CC(N)=O)cc1OC. The maximum Gasteiger partial charge on any atom is 0.221 e. The summed E-state index contributed by atoms with van der Waals surface area (Å²) in [6.45, 7) is 2.61. The Bertz CT molecular complexity index is 888. The molecule has 0 unspecified atom stereocenters. The van der Waals surface area contributed by atoms with Gasteiger partial charge in [-0.2, -0.15) is 0 Å². The second kappa shape index (κ2) is 12.7. The monoisotopic (exact) mass is 445 g/mol.